The van der Waals surface area contributed by atoms with Crippen molar-refractivity contribution >= 4 is 30.5 Å². The van der Waals surface area contributed by atoms with E-state index in [1.807, 2.05) is 32.0 Å². The molecule has 0 fully saturated rings. The predicted octanol–water partition coefficient (Wildman–Crippen LogP) is 4.49. The molecule has 1 aromatic carbocycles. The van der Waals surface area contributed by atoms with Gasteiger partial charge in [-0.05, 0) is 52.2 Å². The molecule has 0 aliphatic rings. The molecule has 2 N–H and O–H groups in total. The van der Waals surface area contributed by atoms with E-state index in [0.29, 0.717) is 6.54 Å². The molecule has 0 aliphatic heterocycles. The molecular weight excluding hydrogens is 450 g/mol. The molecule has 0 aliphatic carbocycles. The van der Waals surface area contributed by atoms with Gasteiger partial charge in [-0.1, -0.05) is 49.6 Å². The smallest absolute Gasteiger partial charge is 0.408 e. The second-order valence-electron chi connectivity index (χ2n) is 9.42. The third-order valence-corrected chi connectivity index (χ3v) is 5.51. The summed E-state index contributed by atoms with van der Waals surface area (Å²) in [6, 6.07) is 3.93. The van der Waals surface area contributed by atoms with Crippen molar-refractivity contribution in [1.29, 1.82) is 0 Å². The van der Waals surface area contributed by atoms with Gasteiger partial charge >= 0.3 is 6.09 Å². The molecule has 0 bridgehead atoms. The zero-order valence-electron chi connectivity index (χ0n) is 21.4. The lowest BCUT2D eigenvalue weighted by atomic mass is 9.96. The van der Waals surface area contributed by atoms with Gasteiger partial charge in [0, 0.05) is 18.8 Å². The second-order valence-corrected chi connectivity index (χ2v) is 9.79. The molecule has 0 radical (unpaired) electrons. The molecule has 8 heteroatoms. The van der Waals surface area contributed by atoms with E-state index in [-0.39, 0.29) is 18.2 Å². The lowest BCUT2D eigenvalue weighted by Crippen LogP contribution is -2.54. The number of carbonyl (C=O) groups excluding carboxylic acids is 3. The Bertz CT molecular complexity index is 851. The van der Waals surface area contributed by atoms with E-state index in [2.05, 4.69) is 36.8 Å². The highest BCUT2D eigenvalue weighted by Gasteiger charge is 2.35. The minimum atomic E-state index is -0.973. The molecule has 3 amide bonds. The zero-order chi connectivity index (χ0) is 25.9. The van der Waals surface area contributed by atoms with Crippen molar-refractivity contribution in [2.24, 2.45) is 0 Å². The summed E-state index contributed by atoms with van der Waals surface area (Å²) in [7, 11) is 0. The number of alkyl carbamates (subject to hydrolysis) is 1. The lowest BCUT2D eigenvalue weighted by molar-refractivity contribution is -0.141. The van der Waals surface area contributed by atoms with Crippen molar-refractivity contribution in [3.63, 3.8) is 0 Å². The average molecular weight is 492 g/mol. The number of nitrogens with zero attached hydrogens (tertiary/aromatic N) is 1. The van der Waals surface area contributed by atoms with Crippen LogP contribution in [0.3, 0.4) is 0 Å². The van der Waals surface area contributed by atoms with E-state index in [9.17, 15) is 14.4 Å². The Morgan fingerprint density at radius 1 is 1.21 bits per heavy atom. The first-order valence-corrected chi connectivity index (χ1v) is 12.4. The summed E-state index contributed by atoms with van der Waals surface area (Å²) in [5, 5.41) is 5.58. The van der Waals surface area contributed by atoms with Crippen LogP contribution in [0.2, 0.25) is 0 Å². The Balaban J connectivity index is 3.32. The molecule has 2 unspecified atom stereocenters. The van der Waals surface area contributed by atoms with Gasteiger partial charge in [0.2, 0.25) is 11.8 Å². The number of benzene rings is 1. The Hall–Kier alpha value is -2.48. The van der Waals surface area contributed by atoms with Crippen LogP contribution in [0.1, 0.15) is 69.7 Å². The molecule has 0 heterocycles. The van der Waals surface area contributed by atoms with Crippen LogP contribution in [0.25, 0.3) is 0 Å². The van der Waals surface area contributed by atoms with Crippen LogP contribution in [0, 0.1) is 13.8 Å². The van der Waals surface area contributed by atoms with E-state index in [1.54, 1.807) is 26.8 Å². The van der Waals surface area contributed by atoms with Crippen molar-refractivity contribution in [2.45, 2.75) is 78.5 Å². The maximum Gasteiger partial charge on any atom is 0.408 e. The molecule has 1 aromatic rings. The number of nitrogens with one attached hydrogen (secondary N) is 2. The fourth-order valence-electron chi connectivity index (χ4n) is 3.56. The third-order valence-electron chi connectivity index (χ3n) is 5.14. The van der Waals surface area contributed by atoms with Gasteiger partial charge in [0.05, 0.1) is 0 Å². The maximum atomic E-state index is 13.6. The van der Waals surface area contributed by atoms with Crippen molar-refractivity contribution < 1.29 is 19.1 Å². The number of thiol groups is 1. The first-order chi connectivity index (χ1) is 15.9. The maximum absolute atomic E-state index is 13.6. The van der Waals surface area contributed by atoms with E-state index >= 15 is 0 Å². The summed E-state index contributed by atoms with van der Waals surface area (Å²) in [5.41, 5.74) is 1.97. The highest BCUT2D eigenvalue weighted by atomic mass is 32.1. The second kappa shape index (κ2) is 14.0. The minimum Gasteiger partial charge on any atom is -0.444 e. The number of unbranched alkanes of at least 4 members (excludes halogenated alkanes) is 2. The van der Waals surface area contributed by atoms with Crippen LogP contribution in [0.15, 0.2) is 30.9 Å². The standard InChI is InChI=1S/C26H41N3O4S/c1-8-10-11-14-27-23(30)22(20-13-12-18(3)16-19(20)4)29(15-9-2)24(31)21(17-34)28-25(32)33-26(5,6)7/h9,12-13,16,21-22,34H,2,8,10-11,14-15,17H2,1,3-7H3,(H,27,30)(H,28,32). The normalized spacial score (nSPS) is 12.9. The molecule has 1 rings (SSSR count). The third kappa shape index (κ3) is 9.41. The summed E-state index contributed by atoms with van der Waals surface area (Å²) in [4.78, 5) is 40.8. The van der Waals surface area contributed by atoms with E-state index < -0.39 is 29.7 Å². The van der Waals surface area contributed by atoms with Crippen LogP contribution in [-0.2, 0) is 14.3 Å². The Labute approximate surface area is 210 Å². The fraction of sp³-hybridized carbons (Fsp3) is 0.577. The van der Waals surface area contributed by atoms with E-state index in [1.165, 1.54) is 4.90 Å². The predicted molar refractivity (Wildman–Crippen MR) is 140 cm³/mol. The summed E-state index contributed by atoms with van der Waals surface area (Å²) in [6.45, 7) is 15.7. The fourth-order valence-corrected chi connectivity index (χ4v) is 3.81. The quantitative estimate of drug-likeness (QED) is 0.228. The minimum absolute atomic E-state index is 0.0451. The molecule has 7 nitrogen and oxygen atoms in total. The van der Waals surface area contributed by atoms with Crippen LogP contribution < -0.4 is 10.6 Å². The van der Waals surface area contributed by atoms with Crippen molar-refractivity contribution in [3.8, 4) is 0 Å². The molecule has 0 saturated carbocycles. The van der Waals surface area contributed by atoms with Gasteiger partial charge in [-0.2, -0.15) is 12.6 Å². The number of amides is 3. The monoisotopic (exact) mass is 491 g/mol. The average Bonchev–Trinajstić information content (AvgIpc) is 2.74. The molecule has 2 atom stereocenters. The van der Waals surface area contributed by atoms with E-state index in [0.717, 1.165) is 36.0 Å². The van der Waals surface area contributed by atoms with Gasteiger partial charge in [0.15, 0.2) is 0 Å². The number of carbonyl (C=O) groups is 3. The largest absolute Gasteiger partial charge is 0.444 e. The highest BCUT2D eigenvalue weighted by Crippen LogP contribution is 2.26. The van der Waals surface area contributed by atoms with Crippen LogP contribution in [0.4, 0.5) is 4.79 Å². The molecule has 34 heavy (non-hydrogen) atoms. The van der Waals surface area contributed by atoms with Gasteiger partial charge < -0.3 is 20.3 Å². The Morgan fingerprint density at radius 2 is 1.88 bits per heavy atom. The van der Waals surface area contributed by atoms with Crippen LogP contribution in [0.5, 0.6) is 0 Å². The number of aryl methyl sites for hydroxylation is 2. The van der Waals surface area contributed by atoms with E-state index in [4.69, 9.17) is 4.74 Å². The summed E-state index contributed by atoms with van der Waals surface area (Å²) in [5.74, 6) is -0.661. The van der Waals surface area contributed by atoms with Gasteiger partial charge in [-0.25, -0.2) is 4.79 Å². The topological polar surface area (TPSA) is 87.7 Å². The summed E-state index contributed by atoms with van der Waals surface area (Å²) >= 11 is 4.28. The summed E-state index contributed by atoms with van der Waals surface area (Å²) < 4.78 is 5.31. The Kier molecular flexibility index (Phi) is 12.2. The van der Waals surface area contributed by atoms with Crippen molar-refractivity contribution in [2.75, 3.05) is 18.8 Å². The van der Waals surface area contributed by atoms with Crippen LogP contribution >= 0.6 is 12.6 Å². The SMILES string of the molecule is C=CCN(C(=O)C(CS)NC(=O)OC(C)(C)C)C(C(=O)NCCCCC)c1ccc(C)cc1C. The van der Waals surface area contributed by atoms with Crippen LogP contribution in [-0.4, -0.2) is 53.3 Å². The Morgan fingerprint density at radius 3 is 2.41 bits per heavy atom. The number of ether oxygens (including phenoxy) is 1. The molecule has 0 spiro atoms. The molecule has 190 valence electrons. The first-order valence-electron chi connectivity index (χ1n) is 11.8. The number of rotatable bonds is 12. The zero-order valence-corrected chi connectivity index (χ0v) is 22.3. The van der Waals surface area contributed by atoms with Gasteiger partial charge in [0.1, 0.15) is 17.7 Å². The molecule has 0 saturated heterocycles. The number of hydrogen-bond donors (Lipinski definition) is 3. The highest BCUT2D eigenvalue weighted by molar-refractivity contribution is 7.80. The number of hydrogen-bond acceptors (Lipinski definition) is 5. The molecule has 0 aromatic heterocycles. The van der Waals surface area contributed by atoms with Crippen molar-refractivity contribution in [3.05, 3.63) is 47.5 Å². The summed E-state index contributed by atoms with van der Waals surface area (Å²) in [6.07, 6.45) is 3.76. The lowest BCUT2D eigenvalue weighted by Gasteiger charge is -2.34. The van der Waals surface area contributed by atoms with Gasteiger partial charge in [-0.15, -0.1) is 6.58 Å². The van der Waals surface area contributed by atoms with Gasteiger partial charge in [0.25, 0.3) is 0 Å². The van der Waals surface area contributed by atoms with Crippen molar-refractivity contribution in [1.82, 2.24) is 15.5 Å². The molecular formula is C26H41N3O4S. The first kappa shape index (κ1) is 29.6. The van der Waals surface area contributed by atoms with Gasteiger partial charge in [-0.3, -0.25) is 9.59 Å².